The molecule has 0 saturated carbocycles. The van der Waals surface area contributed by atoms with E-state index in [1.54, 1.807) is 12.1 Å². The van der Waals surface area contributed by atoms with Crippen LogP contribution in [0.2, 0.25) is 0 Å². The monoisotopic (exact) mass is 257 g/mol. The molecule has 0 aliphatic carbocycles. The summed E-state index contributed by atoms with van der Waals surface area (Å²) < 4.78 is 38.5. The van der Waals surface area contributed by atoms with E-state index in [-0.39, 0.29) is 0 Å². The summed E-state index contributed by atoms with van der Waals surface area (Å²) in [6.07, 6.45) is -2.10. The van der Waals surface area contributed by atoms with Crippen LogP contribution in [-0.2, 0) is 12.7 Å². The van der Waals surface area contributed by atoms with Crippen molar-refractivity contribution in [2.45, 2.75) is 32.5 Å². The second-order valence-corrected chi connectivity index (χ2v) is 5.11. The van der Waals surface area contributed by atoms with Crippen molar-refractivity contribution in [2.75, 3.05) is 13.1 Å². The number of nitrogens with zero attached hydrogens (tertiary/aromatic N) is 1. The molecule has 1 aliphatic heterocycles. The van der Waals surface area contributed by atoms with Gasteiger partial charge in [-0.05, 0) is 43.5 Å². The van der Waals surface area contributed by atoms with E-state index in [0.717, 1.165) is 25.9 Å². The minimum absolute atomic E-state index is 0.388. The van der Waals surface area contributed by atoms with E-state index in [0.29, 0.717) is 18.0 Å². The van der Waals surface area contributed by atoms with Gasteiger partial charge >= 0.3 is 6.18 Å². The van der Waals surface area contributed by atoms with Crippen molar-refractivity contribution in [1.82, 2.24) is 4.90 Å². The van der Waals surface area contributed by atoms with Gasteiger partial charge in [0.2, 0.25) is 0 Å². The van der Waals surface area contributed by atoms with E-state index >= 15 is 0 Å². The highest BCUT2D eigenvalue weighted by atomic mass is 19.4. The van der Waals surface area contributed by atoms with E-state index < -0.39 is 11.7 Å². The molecule has 0 bridgehead atoms. The molecule has 1 heterocycles. The Morgan fingerprint density at radius 3 is 2.39 bits per heavy atom. The summed E-state index contributed by atoms with van der Waals surface area (Å²) in [4.78, 5) is 2.12. The van der Waals surface area contributed by atoms with Crippen LogP contribution in [-0.4, -0.2) is 18.0 Å². The molecular formula is C14H18F3N. The largest absolute Gasteiger partial charge is 0.416 e. The van der Waals surface area contributed by atoms with Crippen molar-refractivity contribution in [2.24, 2.45) is 5.92 Å². The molecule has 0 atom stereocenters. The molecule has 1 fully saturated rings. The highest BCUT2D eigenvalue weighted by molar-refractivity contribution is 5.29. The average molecular weight is 257 g/mol. The smallest absolute Gasteiger partial charge is 0.299 e. The van der Waals surface area contributed by atoms with Crippen molar-refractivity contribution in [3.63, 3.8) is 0 Å². The fourth-order valence-electron chi connectivity index (χ4n) is 2.40. The Hall–Kier alpha value is -1.03. The summed E-state index contributed by atoms with van der Waals surface area (Å²) in [7, 11) is 0. The molecule has 1 saturated heterocycles. The minimum Gasteiger partial charge on any atom is -0.299 e. The van der Waals surface area contributed by atoms with Gasteiger partial charge in [-0.25, -0.2) is 0 Å². The molecule has 1 aliphatic rings. The molecule has 0 spiro atoms. The summed E-state index contributed by atoms with van der Waals surface area (Å²) in [6, 6.07) is 5.88. The summed E-state index contributed by atoms with van der Waals surface area (Å²) in [6.45, 7) is 4.39. The molecule has 0 radical (unpaired) electrons. The fourth-order valence-corrected chi connectivity index (χ4v) is 2.40. The van der Waals surface area contributed by atoms with E-state index in [1.807, 2.05) is 0 Å². The number of halogens is 3. The number of hydrogen-bond acceptors (Lipinski definition) is 1. The van der Waals surface area contributed by atoms with Gasteiger partial charge < -0.3 is 0 Å². The molecule has 0 amide bonds. The lowest BCUT2D eigenvalue weighted by molar-refractivity contribution is -0.138. The Kier molecular flexibility index (Phi) is 3.95. The number of alkyl halides is 3. The Morgan fingerprint density at radius 1 is 1.17 bits per heavy atom. The van der Waals surface area contributed by atoms with Crippen molar-refractivity contribution in [1.29, 1.82) is 0 Å². The summed E-state index contributed by atoms with van der Waals surface area (Å²) in [5.41, 5.74) is -0.108. The Balaban J connectivity index is 2.10. The van der Waals surface area contributed by atoms with Gasteiger partial charge in [-0.1, -0.05) is 25.1 Å². The van der Waals surface area contributed by atoms with Crippen molar-refractivity contribution >= 4 is 0 Å². The van der Waals surface area contributed by atoms with E-state index in [2.05, 4.69) is 11.8 Å². The van der Waals surface area contributed by atoms with Crippen LogP contribution >= 0.6 is 0 Å². The third kappa shape index (κ3) is 3.25. The molecule has 1 aromatic rings. The van der Waals surface area contributed by atoms with Crippen molar-refractivity contribution < 1.29 is 13.2 Å². The Labute approximate surface area is 106 Å². The zero-order valence-electron chi connectivity index (χ0n) is 10.5. The van der Waals surface area contributed by atoms with Crippen LogP contribution in [0.15, 0.2) is 24.3 Å². The molecule has 0 unspecified atom stereocenters. The lowest BCUT2D eigenvalue weighted by Gasteiger charge is -2.30. The quantitative estimate of drug-likeness (QED) is 0.775. The lowest BCUT2D eigenvalue weighted by Crippen LogP contribution is -2.33. The van der Waals surface area contributed by atoms with E-state index in [9.17, 15) is 13.2 Å². The molecule has 100 valence electrons. The second-order valence-electron chi connectivity index (χ2n) is 5.11. The summed E-state index contributed by atoms with van der Waals surface area (Å²) in [5, 5.41) is 0. The standard InChI is InChI=1S/C14H18F3N/c1-11-6-8-18(9-7-11)10-12-4-2-3-5-13(12)14(15,16)17/h2-5,11H,6-10H2,1H3. The van der Waals surface area contributed by atoms with Gasteiger partial charge in [-0.2, -0.15) is 13.2 Å². The highest BCUT2D eigenvalue weighted by Gasteiger charge is 2.33. The zero-order chi connectivity index (χ0) is 13.2. The SMILES string of the molecule is CC1CCN(Cc2ccccc2C(F)(F)F)CC1. The summed E-state index contributed by atoms with van der Waals surface area (Å²) in [5.74, 6) is 0.694. The average Bonchev–Trinajstić information content (AvgIpc) is 2.31. The van der Waals surface area contributed by atoms with Crippen LogP contribution in [0.4, 0.5) is 13.2 Å². The van der Waals surface area contributed by atoms with Crippen LogP contribution in [0.5, 0.6) is 0 Å². The van der Waals surface area contributed by atoms with Gasteiger partial charge in [0.1, 0.15) is 0 Å². The maximum Gasteiger partial charge on any atom is 0.416 e. The number of hydrogen-bond donors (Lipinski definition) is 0. The van der Waals surface area contributed by atoms with Crippen LogP contribution in [0.3, 0.4) is 0 Å². The van der Waals surface area contributed by atoms with Gasteiger partial charge in [0.15, 0.2) is 0 Å². The number of benzene rings is 1. The minimum atomic E-state index is -4.25. The molecule has 4 heteroatoms. The van der Waals surface area contributed by atoms with Crippen LogP contribution in [0.25, 0.3) is 0 Å². The fraction of sp³-hybridized carbons (Fsp3) is 0.571. The predicted octanol–water partition coefficient (Wildman–Crippen LogP) is 3.94. The second kappa shape index (κ2) is 5.31. The van der Waals surface area contributed by atoms with Crippen molar-refractivity contribution in [3.05, 3.63) is 35.4 Å². The first kappa shape index (κ1) is 13.4. The maximum absolute atomic E-state index is 12.8. The molecule has 0 N–H and O–H groups in total. The topological polar surface area (TPSA) is 3.24 Å². The number of likely N-dealkylation sites (tertiary alicyclic amines) is 1. The highest BCUT2D eigenvalue weighted by Crippen LogP contribution is 2.32. The van der Waals surface area contributed by atoms with E-state index in [1.165, 1.54) is 12.1 Å². The first-order valence-corrected chi connectivity index (χ1v) is 6.34. The van der Waals surface area contributed by atoms with Crippen LogP contribution < -0.4 is 0 Å². The molecule has 0 aromatic heterocycles. The summed E-state index contributed by atoms with van der Waals surface area (Å²) >= 11 is 0. The predicted molar refractivity (Wildman–Crippen MR) is 65.1 cm³/mol. The van der Waals surface area contributed by atoms with Crippen LogP contribution in [0.1, 0.15) is 30.9 Å². The Bertz CT molecular complexity index is 392. The third-order valence-corrected chi connectivity index (χ3v) is 3.59. The number of piperidine rings is 1. The first-order valence-electron chi connectivity index (χ1n) is 6.34. The van der Waals surface area contributed by atoms with E-state index in [4.69, 9.17) is 0 Å². The van der Waals surface area contributed by atoms with Gasteiger partial charge in [-0.3, -0.25) is 4.90 Å². The Morgan fingerprint density at radius 2 is 1.78 bits per heavy atom. The van der Waals surface area contributed by atoms with Gasteiger partial charge in [-0.15, -0.1) is 0 Å². The van der Waals surface area contributed by atoms with Crippen molar-refractivity contribution in [3.8, 4) is 0 Å². The molecule has 18 heavy (non-hydrogen) atoms. The van der Waals surface area contributed by atoms with Gasteiger partial charge in [0, 0.05) is 6.54 Å². The molecule has 1 aromatic carbocycles. The molecule has 1 nitrogen and oxygen atoms in total. The molecular weight excluding hydrogens is 239 g/mol. The first-order chi connectivity index (χ1) is 8.47. The molecule has 2 rings (SSSR count). The maximum atomic E-state index is 12.8. The van der Waals surface area contributed by atoms with Crippen LogP contribution in [0, 0.1) is 5.92 Å². The zero-order valence-corrected chi connectivity index (χ0v) is 10.5. The third-order valence-electron chi connectivity index (χ3n) is 3.59. The lowest BCUT2D eigenvalue weighted by atomic mass is 9.98. The van der Waals surface area contributed by atoms with Gasteiger partial charge in [0.25, 0.3) is 0 Å². The van der Waals surface area contributed by atoms with Gasteiger partial charge in [0.05, 0.1) is 5.56 Å². The normalized spacial score (nSPS) is 19.1. The number of rotatable bonds is 2.